The van der Waals surface area contributed by atoms with E-state index in [0.717, 1.165) is 142 Å². The third kappa shape index (κ3) is 20.0. The van der Waals surface area contributed by atoms with E-state index in [9.17, 15) is 27.6 Å². The number of hydrogen-bond acceptors (Lipinski definition) is 11. The Morgan fingerprint density at radius 3 is 1.18 bits per heavy atom. The third-order valence-electron chi connectivity index (χ3n) is 17.4. The number of alkyl halides is 3. The SMILES string of the molecule is CCCC(=O)C(C)c1ccc(O[C@@H]2CCN(c3cc(C(F)(F)F)ccc3C)C2)cc1.CCCC(=O)C(C)c1ccc(O[C@@H]2CCN(c3ccc(OCC4CC4)cc3)C2)cc1.CCCOc1ccc(N2CC[C@@H](Oc3ccc(C(C)C(=O)CCC)cc3)C2)cc1. The van der Waals surface area contributed by atoms with Crippen LogP contribution in [0.4, 0.5) is 30.2 Å². The van der Waals surface area contributed by atoms with Crippen LogP contribution in [0.15, 0.2) is 140 Å². The van der Waals surface area contributed by atoms with Crippen molar-refractivity contribution in [3.8, 4) is 28.7 Å². The molecule has 3 unspecified atom stereocenters. The van der Waals surface area contributed by atoms with E-state index in [1.54, 1.807) is 0 Å². The summed E-state index contributed by atoms with van der Waals surface area (Å²) in [6.45, 7) is 22.4. The fourth-order valence-electron chi connectivity index (χ4n) is 11.5. The first-order valence-corrected chi connectivity index (χ1v) is 32.7. The largest absolute Gasteiger partial charge is 0.494 e. The Bertz CT molecular complexity index is 3150. The summed E-state index contributed by atoms with van der Waals surface area (Å²) in [5.74, 6) is 5.74. The fraction of sp³-hybridized carbons (Fsp3) is 0.480. The molecule has 14 heteroatoms. The van der Waals surface area contributed by atoms with Crippen LogP contribution in [-0.4, -0.2) is 88.1 Å². The van der Waals surface area contributed by atoms with Crippen LogP contribution in [0.5, 0.6) is 28.7 Å². The Morgan fingerprint density at radius 1 is 0.461 bits per heavy atom. The van der Waals surface area contributed by atoms with Gasteiger partial charge in [-0.25, -0.2) is 0 Å². The van der Waals surface area contributed by atoms with Crippen LogP contribution < -0.4 is 38.4 Å². The molecule has 0 N–H and O–H groups in total. The molecule has 89 heavy (non-hydrogen) atoms. The van der Waals surface area contributed by atoms with E-state index in [1.165, 1.54) is 36.3 Å². The van der Waals surface area contributed by atoms with Crippen molar-refractivity contribution in [2.75, 3.05) is 67.2 Å². The minimum atomic E-state index is -4.35. The molecule has 11 nitrogen and oxygen atoms in total. The summed E-state index contributed by atoms with van der Waals surface area (Å²) in [6, 6.07) is 44.3. The highest BCUT2D eigenvalue weighted by Gasteiger charge is 2.33. The lowest BCUT2D eigenvalue weighted by molar-refractivity contribution is -0.137. The maximum Gasteiger partial charge on any atom is 0.416 e. The van der Waals surface area contributed by atoms with Gasteiger partial charge in [-0.05, 0) is 171 Å². The van der Waals surface area contributed by atoms with Gasteiger partial charge in [-0.3, -0.25) is 14.4 Å². The van der Waals surface area contributed by atoms with Crippen LogP contribution in [0.2, 0.25) is 0 Å². The normalized spacial score (nSPS) is 18.2. The van der Waals surface area contributed by atoms with Gasteiger partial charge >= 0.3 is 6.18 Å². The van der Waals surface area contributed by atoms with E-state index in [-0.39, 0.29) is 41.8 Å². The average molecular weight is 1220 g/mol. The zero-order valence-corrected chi connectivity index (χ0v) is 53.7. The predicted molar refractivity (Wildman–Crippen MR) is 351 cm³/mol. The smallest absolute Gasteiger partial charge is 0.416 e. The molecule has 0 amide bonds. The van der Waals surface area contributed by atoms with Crippen LogP contribution in [0.25, 0.3) is 0 Å². The minimum absolute atomic E-state index is 0.0443. The zero-order valence-electron chi connectivity index (χ0n) is 53.7. The van der Waals surface area contributed by atoms with Gasteiger partial charge in [0.15, 0.2) is 0 Å². The van der Waals surface area contributed by atoms with Crippen molar-refractivity contribution in [1.82, 2.24) is 0 Å². The summed E-state index contributed by atoms with van der Waals surface area (Å²) < 4.78 is 69.2. The highest BCUT2D eigenvalue weighted by molar-refractivity contribution is 5.86. The van der Waals surface area contributed by atoms with Gasteiger partial charge < -0.3 is 38.4 Å². The molecule has 3 heterocycles. The van der Waals surface area contributed by atoms with Crippen molar-refractivity contribution in [3.63, 3.8) is 0 Å². The van der Waals surface area contributed by atoms with E-state index in [2.05, 4.69) is 53.1 Å². The first-order chi connectivity index (χ1) is 42.9. The van der Waals surface area contributed by atoms with E-state index < -0.39 is 11.7 Å². The van der Waals surface area contributed by atoms with Crippen molar-refractivity contribution in [1.29, 1.82) is 0 Å². The van der Waals surface area contributed by atoms with Crippen LogP contribution in [0.3, 0.4) is 0 Å². The van der Waals surface area contributed by atoms with Gasteiger partial charge in [0.2, 0.25) is 0 Å². The van der Waals surface area contributed by atoms with Crippen molar-refractivity contribution in [2.45, 2.75) is 175 Å². The molecular formula is C75H94F3N3O8. The number of carbonyl (C=O) groups is 3. The monoisotopic (exact) mass is 1220 g/mol. The summed E-state index contributed by atoms with van der Waals surface area (Å²) >= 11 is 0. The highest BCUT2D eigenvalue weighted by Crippen LogP contribution is 2.36. The van der Waals surface area contributed by atoms with Crippen molar-refractivity contribution in [3.05, 3.63) is 167 Å². The lowest BCUT2D eigenvalue weighted by atomic mass is 9.94. The topological polar surface area (TPSA) is 107 Å². The lowest BCUT2D eigenvalue weighted by Gasteiger charge is -2.22. The molecule has 0 bridgehead atoms. The molecule has 478 valence electrons. The van der Waals surface area contributed by atoms with Gasteiger partial charge in [-0.15, -0.1) is 0 Å². The summed E-state index contributed by atoms with van der Waals surface area (Å²) in [7, 11) is 0. The van der Waals surface area contributed by atoms with Crippen molar-refractivity contribution in [2.24, 2.45) is 5.92 Å². The number of Topliss-reactive ketones (excluding diaryl/α,β-unsaturated/α-hetero) is 3. The Kier molecular flexibility index (Phi) is 24.9. The number of anilines is 3. The second kappa shape index (κ2) is 32.8. The maximum absolute atomic E-state index is 13.1. The van der Waals surface area contributed by atoms with Gasteiger partial charge in [0, 0.05) is 93.0 Å². The molecular weight excluding hydrogens is 1130 g/mol. The summed E-state index contributed by atoms with van der Waals surface area (Å²) in [4.78, 5) is 43.0. The Balaban J connectivity index is 0.000000173. The Labute approximate surface area is 527 Å². The number of ether oxygens (including phenoxy) is 5. The van der Waals surface area contributed by atoms with Gasteiger partial charge in [0.05, 0.1) is 38.4 Å². The number of ketones is 3. The molecule has 0 radical (unpaired) electrons. The molecule has 4 fully saturated rings. The molecule has 0 spiro atoms. The van der Waals surface area contributed by atoms with Gasteiger partial charge in [0.1, 0.15) is 64.4 Å². The number of benzene rings is 6. The molecule has 1 saturated carbocycles. The molecule has 6 aromatic carbocycles. The average Bonchev–Trinajstić information content (AvgIpc) is 2.63. The van der Waals surface area contributed by atoms with Crippen LogP contribution in [-0.2, 0) is 20.6 Å². The molecule has 6 aromatic rings. The molecule has 3 aliphatic heterocycles. The molecule has 6 atom stereocenters. The first-order valence-electron chi connectivity index (χ1n) is 32.7. The number of hydrogen-bond donors (Lipinski definition) is 0. The fourth-order valence-corrected chi connectivity index (χ4v) is 11.5. The van der Waals surface area contributed by atoms with Gasteiger partial charge in [0.25, 0.3) is 0 Å². The molecule has 10 rings (SSSR count). The van der Waals surface area contributed by atoms with E-state index in [1.807, 2.05) is 138 Å². The van der Waals surface area contributed by atoms with Crippen LogP contribution >= 0.6 is 0 Å². The second-order valence-electron chi connectivity index (χ2n) is 24.5. The molecule has 1 aliphatic carbocycles. The number of rotatable bonds is 27. The molecule has 3 saturated heterocycles. The number of halogens is 3. The Morgan fingerprint density at radius 2 is 0.820 bits per heavy atom. The van der Waals surface area contributed by atoms with Crippen molar-refractivity contribution < 1.29 is 51.2 Å². The number of nitrogens with zero attached hydrogens (tertiary/aromatic N) is 3. The summed E-state index contributed by atoms with van der Waals surface area (Å²) in [5, 5.41) is 0. The number of carbonyl (C=O) groups excluding carboxylic acids is 3. The third-order valence-corrected chi connectivity index (χ3v) is 17.4. The zero-order chi connectivity index (χ0) is 63.5. The van der Waals surface area contributed by atoms with Gasteiger partial charge in [-0.1, -0.05) is 90.9 Å². The van der Waals surface area contributed by atoms with Crippen molar-refractivity contribution >= 4 is 34.4 Å². The molecule has 0 aromatic heterocycles. The maximum atomic E-state index is 13.1. The predicted octanol–water partition coefficient (Wildman–Crippen LogP) is 17.4. The van der Waals surface area contributed by atoms with Crippen LogP contribution in [0.1, 0.15) is 171 Å². The standard InChI is InChI=1S/C26H33NO3.C25H33NO3.C24H28F3NO2/c1-3-4-26(28)19(2)21-7-11-24(12-8-21)30-25-15-16-27(17-25)22-9-13-23(14-10-22)29-18-20-5-6-20;1-4-6-25(27)19(3)20-7-11-23(12-8-20)29-24-15-16-26(18-24)21-9-13-22(14-10-21)28-17-5-2;1-4-5-23(29)17(3)18-7-10-20(11-8-18)30-21-12-13-28(15-21)22-14-19(24(25,26)27)9-6-16(22)2/h7-14,19-20,25H,3-6,15-18H2,1-2H3;7-14,19,24H,4-6,15-18H2,1-3H3;6-11,14,17,21H,4-5,12-13,15H2,1-3H3/t19?,25-;19?,24-;17?,21-/m111/s1. The summed E-state index contributed by atoms with van der Waals surface area (Å²) in [6.07, 6.45) is 6.80. The van der Waals surface area contributed by atoms with E-state index in [4.69, 9.17) is 23.7 Å². The Hall–Kier alpha value is -7.48. The quantitative estimate of drug-likeness (QED) is 0.0492. The minimum Gasteiger partial charge on any atom is -0.494 e. The number of aryl methyl sites for hydroxylation is 1. The second-order valence-corrected chi connectivity index (χ2v) is 24.5. The first kappa shape index (κ1) is 67.5. The summed E-state index contributed by atoms with van der Waals surface area (Å²) in [5.41, 5.74) is 6.32. The lowest BCUT2D eigenvalue weighted by Crippen LogP contribution is -2.25. The van der Waals surface area contributed by atoms with Crippen LogP contribution in [0, 0.1) is 12.8 Å². The molecule has 4 aliphatic rings. The highest BCUT2D eigenvalue weighted by atomic mass is 19.4. The van der Waals surface area contributed by atoms with Gasteiger partial charge in [-0.2, -0.15) is 13.2 Å². The van der Waals surface area contributed by atoms with E-state index in [0.29, 0.717) is 55.4 Å². The van der Waals surface area contributed by atoms with E-state index >= 15 is 0 Å².